The summed E-state index contributed by atoms with van der Waals surface area (Å²) in [4.78, 5) is 10.6. The monoisotopic (exact) mass is 155 g/mol. The van der Waals surface area contributed by atoms with Crippen LogP contribution in [0.3, 0.4) is 0 Å². The Kier molecular flexibility index (Phi) is 2.28. The van der Waals surface area contributed by atoms with Crippen LogP contribution in [0.4, 0.5) is 0 Å². The molecule has 0 aromatic heterocycles. The van der Waals surface area contributed by atoms with Gasteiger partial charge < -0.3 is 0 Å². The summed E-state index contributed by atoms with van der Waals surface area (Å²) in [5.41, 5.74) is 0. The molecule has 0 radical (unpaired) electrons. The van der Waals surface area contributed by atoms with Crippen molar-refractivity contribution in [2.75, 3.05) is 0 Å². The van der Waals surface area contributed by atoms with E-state index in [4.69, 9.17) is 0 Å². The van der Waals surface area contributed by atoms with Gasteiger partial charge in [-0.1, -0.05) is 18.2 Å². The highest BCUT2D eigenvalue weighted by Crippen LogP contribution is 2.15. The SMILES string of the molecule is O=[N+]([O-])Sc1ccccc1. The fourth-order valence-electron chi connectivity index (χ4n) is 0.567. The van der Waals surface area contributed by atoms with Crippen molar-refractivity contribution in [3.05, 3.63) is 40.4 Å². The normalized spacial score (nSPS) is 9.20. The van der Waals surface area contributed by atoms with Crippen LogP contribution < -0.4 is 0 Å². The number of benzene rings is 1. The second-order valence-corrected chi connectivity index (χ2v) is 2.58. The van der Waals surface area contributed by atoms with Crippen molar-refractivity contribution in [2.45, 2.75) is 4.90 Å². The van der Waals surface area contributed by atoms with Gasteiger partial charge in [0.1, 0.15) is 4.33 Å². The van der Waals surface area contributed by atoms with Gasteiger partial charge in [-0.3, -0.25) is 10.1 Å². The van der Waals surface area contributed by atoms with Crippen molar-refractivity contribution < 1.29 is 4.33 Å². The van der Waals surface area contributed by atoms with E-state index in [-0.39, 0.29) is 0 Å². The molecule has 3 nitrogen and oxygen atoms in total. The first-order valence-electron chi connectivity index (χ1n) is 2.66. The Hall–Kier alpha value is -1.03. The smallest absolute Gasteiger partial charge is 0.250 e. The van der Waals surface area contributed by atoms with Gasteiger partial charge in [0.25, 0.3) is 11.9 Å². The third kappa shape index (κ3) is 2.06. The molecule has 0 heterocycles. The summed E-state index contributed by atoms with van der Waals surface area (Å²) in [5, 5.41) is 9.94. The summed E-state index contributed by atoms with van der Waals surface area (Å²) >= 11 is 0.621. The topological polar surface area (TPSA) is 43.1 Å². The fraction of sp³-hybridized carbons (Fsp3) is 0. The van der Waals surface area contributed by atoms with Crippen LogP contribution in [0.2, 0.25) is 0 Å². The van der Waals surface area contributed by atoms with E-state index < -0.39 is 4.33 Å². The fourth-order valence-corrected chi connectivity index (χ4v) is 1.02. The van der Waals surface area contributed by atoms with Crippen LogP contribution in [0.5, 0.6) is 0 Å². The molecule has 0 N–H and O–H groups in total. The molecule has 0 fully saturated rings. The molecule has 10 heavy (non-hydrogen) atoms. The van der Waals surface area contributed by atoms with Crippen LogP contribution in [0.25, 0.3) is 0 Å². The van der Waals surface area contributed by atoms with E-state index in [1.54, 1.807) is 24.3 Å². The van der Waals surface area contributed by atoms with Gasteiger partial charge in [0.2, 0.25) is 0 Å². The van der Waals surface area contributed by atoms with Crippen molar-refractivity contribution >= 4 is 11.9 Å². The predicted octanol–water partition coefficient (Wildman–Crippen LogP) is 1.97. The van der Waals surface area contributed by atoms with Crippen molar-refractivity contribution in [1.29, 1.82) is 0 Å². The Morgan fingerprint density at radius 1 is 1.30 bits per heavy atom. The van der Waals surface area contributed by atoms with Gasteiger partial charge in [-0.15, -0.1) is 0 Å². The molecule has 0 bridgehead atoms. The lowest BCUT2D eigenvalue weighted by Crippen LogP contribution is -1.81. The van der Waals surface area contributed by atoms with Crippen molar-refractivity contribution in [3.8, 4) is 0 Å². The molecule has 0 unspecified atom stereocenters. The van der Waals surface area contributed by atoms with Crippen molar-refractivity contribution in [1.82, 2.24) is 0 Å². The summed E-state index contributed by atoms with van der Waals surface area (Å²) in [6.07, 6.45) is 0. The standard InChI is InChI=1S/C6H5NO2S/c8-7(9)10-6-4-2-1-3-5-6/h1-5H. The van der Waals surface area contributed by atoms with Gasteiger partial charge in [-0.05, 0) is 12.1 Å². The van der Waals surface area contributed by atoms with E-state index in [2.05, 4.69) is 0 Å². The summed E-state index contributed by atoms with van der Waals surface area (Å²) in [7, 11) is 0. The predicted molar refractivity (Wildman–Crippen MR) is 39.3 cm³/mol. The lowest BCUT2D eigenvalue weighted by atomic mass is 10.4. The average molecular weight is 155 g/mol. The first-order valence-corrected chi connectivity index (χ1v) is 3.44. The largest absolute Gasteiger partial charge is 0.265 e. The maximum Gasteiger partial charge on any atom is 0.265 e. The van der Waals surface area contributed by atoms with E-state index in [0.717, 1.165) is 0 Å². The lowest BCUT2D eigenvalue weighted by Gasteiger charge is -1.87. The maximum atomic E-state index is 9.94. The number of nitrogens with zero attached hydrogens (tertiary/aromatic N) is 1. The molecule has 1 aromatic carbocycles. The zero-order chi connectivity index (χ0) is 7.40. The molecule has 0 spiro atoms. The Labute approximate surface area is 62.3 Å². The second-order valence-electron chi connectivity index (χ2n) is 1.63. The summed E-state index contributed by atoms with van der Waals surface area (Å²) in [6, 6.07) is 8.77. The minimum atomic E-state index is -0.421. The molecule has 1 aromatic rings. The Bertz CT molecular complexity index is 224. The average Bonchev–Trinajstić information content (AvgIpc) is 1.88. The summed E-state index contributed by atoms with van der Waals surface area (Å²) in [6.45, 7) is 0. The number of rotatable bonds is 2. The van der Waals surface area contributed by atoms with Gasteiger partial charge in [-0.25, -0.2) is 0 Å². The van der Waals surface area contributed by atoms with E-state index in [0.29, 0.717) is 16.8 Å². The molecule has 0 saturated carbocycles. The molecule has 0 aliphatic rings. The zero-order valence-electron chi connectivity index (χ0n) is 5.06. The molecule has 1 rings (SSSR count). The molecule has 0 atom stereocenters. The summed E-state index contributed by atoms with van der Waals surface area (Å²) in [5.74, 6) is 0. The molecule has 0 saturated heterocycles. The molecule has 0 aliphatic heterocycles. The number of hydrogen-bond donors (Lipinski definition) is 0. The van der Waals surface area contributed by atoms with E-state index in [1.807, 2.05) is 6.07 Å². The highest BCUT2D eigenvalue weighted by molar-refractivity contribution is 7.93. The van der Waals surface area contributed by atoms with Gasteiger partial charge in [-0.2, -0.15) is 0 Å². The molecule has 52 valence electrons. The van der Waals surface area contributed by atoms with E-state index in [9.17, 15) is 10.1 Å². The van der Waals surface area contributed by atoms with Crippen LogP contribution in [-0.4, -0.2) is 4.33 Å². The Morgan fingerprint density at radius 2 is 1.90 bits per heavy atom. The van der Waals surface area contributed by atoms with Crippen LogP contribution in [0.15, 0.2) is 35.2 Å². The van der Waals surface area contributed by atoms with Crippen LogP contribution >= 0.6 is 11.9 Å². The highest BCUT2D eigenvalue weighted by atomic mass is 32.2. The molecular weight excluding hydrogens is 150 g/mol. The Balaban J connectivity index is 2.67. The third-order valence-corrected chi connectivity index (χ3v) is 1.56. The molecule has 0 amide bonds. The highest BCUT2D eigenvalue weighted by Gasteiger charge is 2.01. The summed E-state index contributed by atoms with van der Waals surface area (Å²) < 4.78 is -0.421. The van der Waals surface area contributed by atoms with Gasteiger partial charge in [0.15, 0.2) is 0 Å². The van der Waals surface area contributed by atoms with Gasteiger partial charge >= 0.3 is 0 Å². The third-order valence-electron chi connectivity index (χ3n) is 0.923. The molecule has 4 heteroatoms. The lowest BCUT2D eigenvalue weighted by molar-refractivity contribution is -0.284. The van der Waals surface area contributed by atoms with Gasteiger partial charge in [0.05, 0.1) is 4.90 Å². The zero-order valence-corrected chi connectivity index (χ0v) is 5.88. The first-order chi connectivity index (χ1) is 4.79. The van der Waals surface area contributed by atoms with Crippen LogP contribution in [0, 0.1) is 10.1 Å². The van der Waals surface area contributed by atoms with E-state index >= 15 is 0 Å². The van der Waals surface area contributed by atoms with Crippen LogP contribution in [-0.2, 0) is 0 Å². The second kappa shape index (κ2) is 3.22. The molecular formula is C6H5NO2S. The first kappa shape index (κ1) is 7.08. The maximum absolute atomic E-state index is 9.94. The minimum Gasteiger partial charge on any atom is -0.250 e. The van der Waals surface area contributed by atoms with Crippen LogP contribution in [0.1, 0.15) is 0 Å². The van der Waals surface area contributed by atoms with Gasteiger partial charge in [0, 0.05) is 0 Å². The molecule has 0 aliphatic carbocycles. The van der Waals surface area contributed by atoms with Crippen molar-refractivity contribution in [3.63, 3.8) is 0 Å². The quantitative estimate of drug-likeness (QED) is 0.372. The van der Waals surface area contributed by atoms with Crippen molar-refractivity contribution in [2.24, 2.45) is 0 Å². The van der Waals surface area contributed by atoms with E-state index in [1.165, 1.54) is 0 Å². The minimum absolute atomic E-state index is 0.421. The Morgan fingerprint density at radius 3 is 2.40 bits per heavy atom. The number of hydrogen-bond acceptors (Lipinski definition) is 3. The number of nitro groups is 1.